The minimum atomic E-state index is 0.299. The molecule has 0 aromatic heterocycles. The molecule has 2 rings (SSSR count). The zero-order chi connectivity index (χ0) is 15.9. The first-order chi connectivity index (χ1) is 9.81. The van der Waals surface area contributed by atoms with Crippen molar-refractivity contribution >= 4 is 0 Å². The van der Waals surface area contributed by atoms with E-state index in [4.69, 9.17) is 0 Å². The first-order valence-corrected chi connectivity index (χ1v) is 8.25. The molecule has 1 aliphatic carbocycles. The Morgan fingerprint density at radius 1 is 0.952 bits per heavy atom. The quantitative estimate of drug-likeness (QED) is 0.347. The van der Waals surface area contributed by atoms with Crippen LogP contribution in [0, 0.1) is 47.5 Å². The van der Waals surface area contributed by atoms with Crippen molar-refractivity contribution in [1.82, 2.24) is 0 Å². The van der Waals surface area contributed by atoms with Gasteiger partial charge in [0.25, 0.3) is 0 Å². The summed E-state index contributed by atoms with van der Waals surface area (Å²) >= 11 is 0. The van der Waals surface area contributed by atoms with Crippen molar-refractivity contribution in [2.75, 3.05) is 0 Å². The second-order valence-electron chi connectivity index (χ2n) is 6.84. The molecule has 0 N–H and O–H groups in total. The fourth-order valence-corrected chi connectivity index (χ4v) is 3.91. The van der Waals surface area contributed by atoms with Crippen LogP contribution in [0.2, 0.25) is 0 Å². The smallest absolute Gasteiger partial charge is 0.00491 e. The molecular formula is C21H30-2. The highest BCUT2D eigenvalue weighted by Crippen LogP contribution is 2.47. The molecule has 0 amide bonds. The van der Waals surface area contributed by atoms with Crippen molar-refractivity contribution in [2.45, 2.75) is 65.7 Å². The molecule has 0 nitrogen and oxygen atoms in total. The van der Waals surface area contributed by atoms with Gasteiger partial charge in [0.2, 0.25) is 0 Å². The fourth-order valence-electron chi connectivity index (χ4n) is 3.91. The summed E-state index contributed by atoms with van der Waals surface area (Å²) in [5.74, 6) is 1.19. The molecule has 116 valence electrons. The maximum Gasteiger partial charge on any atom is 0.00491 e. The van der Waals surface area contributed by atoms with Crippen molar-refractivity contribution in [3.05, 3.63) is 59.4 Å². The van der Waals surface area contributed by atoms with Crippen LogP contribution in [0.15, 0.2) is 12.2 Å². The lowest BCUT2D eigenvalue weighted by molar-refractivity contribution is 0.512. The molecule has 3 atom stereocenters. The van der Waals surface area contributed by atoms with E-state index in [2.05, 4.69) is 55.0 Å². The zero-order valence-electron chi connectivity index (χ0n) is 14.5. The predicted molar refractivity (Wildman–Crippen MR) is 93.7 cm³/mol. The number of benzene rings is 1. The third-order valence-electron chi connectivity index (χ3n) is 5.85. The van der Waals surface area contributed by atoms with Crippen molar-refractivity contribution in [1.29, 1.82) is 0 Å². The van der Waals surface area contributed by atoms with Gasteiger partial charge in [0.05, 0.1) is 0 Å². The van der Waals surface area contributed by atoms with Gasteiger partial charge >= 0.3 is 0 Å². The van der Waals surface area contributed by atoms with Crippen LogP contribution >= 0.6 is 0 Å². The summed E-state index contributed by atoms with van der Waals surface area (Å²) in [7, 11) is 0. The van der Waals surface area contributed by atoms with Gasteiger partial charge in [-0.05, 0) is 68.4 Å². The average Bonchev–Trinajstić information content (AvgIpc) is 2.60. The van der Waals surface area contributed by atoms with Gasteiger partial charge in [-0.2, -0.15) is 11.8 Å². The van der Waals surface area contributed by atoms with Crippen LogP contribution < -0.4 is 0 Å². The monoisotopic (exact) mass is 282 g/mol. The van der Waals surface area contributed by atoms with Crippen LogP contribution in [0.1, 0.15) is 71.4 Å². The molecule has 21 heavy (non-hydrogen) atoms. The van der Waals surface area contributed by atoms with Crippen LogP contribution in [0.3, 0.4) is 0 Å². The van der Waals surface area contributed by atoms with Gasteiger partial charge in [0.1, 0.15) is 0 Å². The summed E-state index contributed by atoms with van der Waals surface area (Å²) in [4.78, 5) is 0. The van der Waals surface area contributed by atoms with Crippen LogP contribution in [-0.2, 0) is 0 Å². The molecular weight excluding hydrogens is 252 g/mol. The summed E-state index contributed by atoms with van der Waals surface area (Å²) in [6.45, 7) is 24.5. The van der Waals surface area contributed by atoms with Gasteiger partial charge in [-0.15, -0.1) is 0 Å². The van der Waals surface area contributed by atoms with Crippen molar-refractivity contribution < 1.29 is 0 Å². The van der Waals surface area contributed by atoms with Gasteiger partial charge in [-0.25, -0.2) is 0 Å². The number of allylic oxidation sites excluding steroid dienone is 1. The van der Waals surface area contributed by atoms with E-state index >= 15 is 0 Å². The van der Waals surface area contributed by atoms with Crippen molar-refractivity contribution in [2.24, 2.45) is 5.92 Å². The predicted octanol–water partition coefficient (Wildman–Crippen LogP) is 6.13. The second kappa shape index (κ2) is 5.99. The minimum Gasteiger partial charge on any atom is -0.342 e. The molecule has 3 unspecified atom stereocenters. The van der Waals surface area contributed by atoms with E-state index in [1.165, 1.54) is 45.4 Å². The molecule has 0 saturated heterocycles. The molecule has 0 radical (unpaired) electrons. The second-order valence-corrected chi connectivity index (χ2v) is 6.84. The molecule has 0 spiro atoms. The Kier molecular flexibility index (Phi) is 4.66. The summed E-state index contributed by atoms with van der Waals surface area (Å²) in [6.07, 6.45) is 3.37. The van der Waals surface area contributed by atoms with E-state index in [1.807, 2.05) is 0 Å². The summed E-state index contributed by atoms with van der Waals surface area (Å²) in [5, 5.41) is 0. The standard InChI is InChI=1S/C21H30/c1-9-12(2)19-11-10-13(3)14(4)20-17(7)15(5)16(6)18(8)21(19)20/h13-14,19H,2-4,9-11H2,1,5-8H3/q-2. The lowest BCUT2D eigenvalue weighted by Crippen LogP contribution is -2.13. The Bertz CT molecular complexity index is 562. The Balaban J connectivity index is 2.79. The van der Waals surface area contributed by atoms with Gasteiger partial charge in [-0.1, -0.05) is 31.1 Å². The highest BCUT2D eigenvalue weighted by atomic mass is 14.4. The molecule has 0 aliphatic heterocycles. The van der Waals surface area contributed by atoms with Crippen molar-refractivity contribution in [3.63, 3.8) is 0 Å². The minimum absolute atomic E-state index is 0.299. The highest BCUT2D eigenvalue weighted by Gasteiger charge is 2.27. The molecule has 0 bridgehead atoms. The molecule has 1 aromatic carbocycles. The van der Waals surface area contributed by atoms with E-state index in [0.29, 0.717) is 17.8 Å². The summed E-state index contributed by atoms with van der Waals surface area (Å²) < 4.78 is 0. The Morgan fingerprint density at radius 2 is 1.48 bits per heavy atom. The maximum absolute atomic E-state index is 4.48. The molecule has 0 heteroatoms. The summed E-state index contributed by atoms with van der Waals surface area (Å²) in [5.41, 5.74) is 10.1. The molecule has 1 aliphatic rings. The fraction of sp³-hybridized carbons (Fsp3) is 0.524. The van der Waals surface area contributed by atoms with Crippen LogP contribution in [0.5, 0.6) is 0 Å². The van der Waals surface area contributed by atoms with Gasteiger partial charge in [-0.3, -0.25) is 0 Å². The Hall–Kier alpha value is -1.04. The van der Waals surface area contributed by atoms with E-state index in [0.717, 1.165) is 12.8 Å². The highest BCUT2D eigenvalue weighted by molar-refractivity contribution is 5.55. The molecule has 0 fully saturated rings. The van der Waals surface area contributed by atoms with E-state index in [9.17, 15) is 0 Å². The summed E-state index contributed by atoms with van der Waals surface area (Å²) in [6, 6.07) is 0. The van der Waals surface area contributed by atoms with E-state index in [-0.39, 0.29) is 0 Å². The number of fused-ring (bicyclic) bond motifs is 1. The maximum atomic E-state index is 4.48. The zero-order valence-corrected chi connectivity index (χ0v) is 14.5. The first kappa shape index (κ1) is 16.3. The molecule has 0 saturated carbocycles. The average molecular weight is 282 g/mol. The number of rotatable bonds is 2. The Morgan fingerprint density at radius 3 is 2.00 bits per heavy atom. The van der Waals surface area contributed by atoms with E-state index < -0.39 is 0 Å². The molecule has 0 heterocycles. The third-order valence-corrected chi connectivity index (χ3v) is 5.85. The van der Waals surface area contributed by atoms with Crippen LogP contribution in [-0.4, -0.2) is 0 Å². The van der Waals surface area contributed by atoms with Gasteiger partial charge in [0.15, 0.2) is 0 Å². The topological polar surface area (TPSA) is 0 Å². The van der Waals surface area contributed by atoms with Crippen LogP contribution in [0.25, 0.3) is 0 Å². The Labute approximate surface area is 131 Å². The van der Waals surface area contributed by atoms with Crippen molar-refractivity contribution in [3.8, 4) is 0 Å². The number of hydrogen-bond donors (Lipinski definition) is 0. The molecule has 1 aromatic rings. The van der Waals surface area contributed by atoms with Gasteiger partial charge in [0, 0.05) is 5.92 Å². The first-order valence-electron chi connectivity index (χ1n) is 8.25. The SMILES string of the molecule is C=C(CC)C1CCC([CH2-])C([CH2-])c2c(C)c(C)c(C)c(C)c21. The third kappa shape index (κ3) is 2.58. The van der Waals surface area contributed by atoms with Gasteiger partial charge < -0.3 is 13.8 Å². The largest absolute Gasteiger partial charge is 0.342 e. The lowest BCUT2D eigenvalue weighted by Gasteiger charge is -2.34. The van der Waals surface area contributed by atoms with Crippen LogP contribution in [0.4, 0.5) is 0 Å². The normalized spacial score (nSPS) is 25.4. The number of hydrogen-bond acceptors (Lipinski definition) is 0. The van der Waals surface area contributed by atoms with E-state index in [1.54, 1.807) is 0 Å². The lowest BCUT2D eigenvalue weighted by atomic mass is 9.76.